The lowest BCUT2D eigenvalue weighted by molar-refractivity contribution is 0.0636. The number of ether oxygens (including phenoxy) is 1. The molecular weight excluding hydrogens is 269 g/mol. The molecular formula is C15H20BNO4. The highest BCUT2D eigenvalue weighted by Gasteiger charge is 2.21. The highest BCUT2D eigenvalue weighted by molar-refractivity contribution is 6.59. The van der Waals surface area contributed by atoms with Crippen molar-refractivity contribution in [3.63, 3.8) is 0 Å². The quantitative estimate of drug-likeness (QED) is 0.741. The van der Waals surface area contributed by atoms with Gasteiger partial charge in [0, 0.05) is 5.56 Å². The van der Waals surface area contributed by atoms with Gasteiger partial charge in [0.1, 0.15) is 5.60 Å². The van der Waals surface area contributed by atoms with Gasteiger partial charge in [-0.15, -0.1) is 0 Å². The van der Waals surface area contributed by atoms with Crippen molar-refractivity contribution < 1.29 is 19.6 Å². The van der Waals surface area contributed by atoms with Crippen molar-refractivity contribution in [2.24, 2.45) is 0 Å². The molecule has 3 N–H and O–H groups in total. The van der Waals surface area contributed by atoms with Crippen molar-refractivity contribution in [1.29, 1.82) is 0 Å². The lowest BCUT2D eigenvalue weighted by Gasteiger charge is -2.21. The summed E-state index contributed by atoms with van der Waals surface area (Å²) < 4.78 is 5.18. The van der Waals surface area contributed by atoms with Crippen LogP contribution in [0.5, 0.6) is 0 Å². The molecule has 1 aromatic carbocycles. The summed E-state index contributed by atoms with van der Waals surface area (Å²) in [6.45, 7) is 12.6. The maximum absolute atomic E-state index is 11.8. The van der Waals surface area contributed by atoms with E-state index in [4.69, 9.17) is 4.74 Å². The zero-order chi connectivity index (χ0) is 16.2. The van der Waals surface area contributed by atoms with Crippen LogP contribution in [0.3, 0.4) is 0 Å². The molecule has 0 saturated carbocycles. The van der Waals surface area contributed by atoms with Gasteiger partial charge < -0.3 is 14.8 Å². The fourth-order valence-corrected chi connectivity index (χ4v) is 1.85. The third-order valence-electron chi connectivity index (χ3n) is 2.64. The SMILES string of the molecule is C=Cc1c(NC(=O)OC(C)(C)C)ccc(B(O)O)c1C=C. The van der Waals surface area contributed by atoms with Crippen molar-refractivity contribution >= 4 is 36.5 Å². The Morgan fingerprint density at radius 1 is 1.24 bits per heavy atom. The summed E-state index contributed by atoms with van der Waals surface area (Å²) in [7, 11) is -1.63. The first kappa shape index (κ1) is 17.0. The summed E-state index contributed by atoms with van der Waals surface area (Å²) >= 11 is 0. The largest absolute Gasteiger partial charge is 0.489 e. The minimum atomic E-state index is -1.63. The van der Waals surface area contributed by atoms with E-state index >= 15 is 0 Å². The second kappa shape index (κ2) is 6.60. The number of anilines is 1. The number of nitrogens with one attached hydrogen (secondary N) is 1. The maximum atomic E-state index is 11.8. The predicted molar refractivity (Wildman–Crippen MR) is 86.3 cm³/mol. The van der Waals surface area contributed by atoms with Crippen molar-refractivity contribution in [2.75, 3.05) is 5.32 Å². The predicted octanol–water partition coefficient (Wildman–Crippen LogP) is 2.00. The number of amides is 1. The van der Waals surface area contributed by atoms with Crippen LogP contribution in [0.1, 0.15) is 31.9 Å². The number of benzene rings is 1. The van der Waals surface area contributed by atoms with Crippen LogP contribution in [0.4, 0.5) is 10.5 Å². The Morgan fingerprint density at radius 2 is 1.81 bits per heavy atom. The van der Waals surface area contributed by atoms with Crippen molar-refractivity contribution in [3.05, 3.63) is 36.4 Å². The first-order valence-corrected chi connectivity index (χ1v) is 6.47. The maximum Gasteiger partial charge on any atom is 0.489 e. The summed E-state index contributed by atoms with van der Waals surface area (Å²) in [5, 5.41) is 21.3. The fourth-order valence-electron chi connectivity index (χ4n) is 1.85. The standard InChI is InChI=1S/C15H20BNO4/c1-6-10-11(7-2)13(9-8-12(10)16(19)20)17-14(18)21-15(3,4)5/h6-9,19-20H,1-2H2,3-5H3,(H,17,18). The Balaban J connectivity index is 3.17. The lowest BCUT2D eigenvalue weighted by atomic mass is 9.75. The number of carbonyl (C=O) groups is 1. The third-order valence-corrected chi connectivity index (χ3v) is 2.64. The van der Waals surface area contributed by atoms with Crippen LogP contribution in [0.25, 0.3) is 12.2 Å². The molecule has 1 rings (SSSR count). The topological polar surface area (TPSA) is 78.8 Å². The van der Waals surface area contributed by atoms with Crippen molar-refractivity contribution in [3.8, 4) is 0 Å². The van der Waals surface area contributed by atoms with E-state index in [9.17, 15) is 14.8 Å². The van der Waals surface area contributed by atoms with Gasteiger partial charge in [-0.3, -0.25) is 5.32 Å². The van der Waals surface area contributed by atoms with Crippen LogP contribution in [0.2, 0.25) is 0 Å². The first-order chi connectivity index (χ1) is 9.69. The molecule has 0 fully saturated rings. The Morgan fingerprint density at radius 3 is 2.24 bits per heavy atom. The molecule has 112 valence electrons. The van der Waals surface area contributed by atoms with Gasteiger partial charge >= 0.3 is 13.2 Å². The van der Waals surface area contributed by atoms with Gasteiger partial charge in [-0.2, -0.15) is 0 Å². The second-order valence-corrected chi connectivity index (χ2v) is 5.44. The van der Waals surface area contributed by atoms with Crippen LogP contribution in [-0.2, 0) is 4.74 Å². The molecule has 0 aromatic heterocycles. The summed E-state index contributed by atoms with van der Waals surface area (Å²) in [6, 6.07) is 3.06. The third kappa shape index (κ3) is 4.48. The van der Waals surface area contributed by atoms with E-state index in [0.29, 0.717) is 16.8 Å². The number of carbonyl (C=O) groups excluding carboxylic acids is 1. The van der Waals surface area contributed by atoms with Gasteiger partial charge in [-0.25, -0.2) is 4.79 Å². The Kier molecular flexibility index (Phi) is 5.35. The average Bonchev–Trinajstić information content (AvgIpc) is 2.35. The second-order valence-electron chi connectivity index (χ2n) is 5.44. The fraction of sp³-hybridized carbons (Fsp3) is 0.267. The van der Waals surface area contributed by atoms with Crippen molar-refractivity contribution in [1.82, 2.24) is 0 Å². The molecule has 0 atom stereocenters. The summed E-state index contributed by atoms with van der Waals surface area (Å²) in [5.74, 6) is 0. The minimum absolute atomic E-state index is 0.287. The molecule has 0 bridgehead atoms. The summed E-state index contributed by atoms with van der Waals surface area (Å²) in [4.78, 5) is 11.8. The van der Waals surface area contributed by atoms with Gasteiger partial charge in [0.2, 0.25) is 0 Å². The molecule has 1 amide bonds. The van der Waals surface area contributed by atoms with Crippen molar-refractivity contribution in [2.45, 2.75) is 26.4 Å². The molecule has 0 heterocycles. The zero-order valence-corrected chi connectivity index (χ0v) is 12.5. The molecule has 0 unspecified atom stereocenters. The Hall–Kier alpha value is -2.05. The average molecular weight is 289 g/mol. The number of hydrogen-bond donors (Lipinski definition) is 3. The summed E-state index contributed by atoms with van der Waals surface area (Å²) in [5.41, 5.74) is 1.17. The van der Waals surface area contributed by atoms with E-state index in [1.807, 2.05) is 0 Å². The van der Waals surface area contributed by atoms with Crippen LogP contribution >= 0.6 is 0 Å². The van der Waals surface area contributed by atoms with Crippen LogP contribution < -0.4 is 10.8 Å². The highest BCUT2D eigenvalue weighted by atomic mass is 16.6. The highest BCUT2D eigenvalue weighted by Crippen LogP contribution is 2.22. The normalized spacial score (nSPS) is 10.7. The molecule has 0 spiro atoms. The molecule has 6 heteroatoms. The van der Waals surface area contributed by atoms with Crippen LogP contribution in [0, 0.1) is 0 Å². The molecule has 0 saturated heterocycles. The molecule has 5 nitrogen and oxygen atoms in total. The van der Waals surface area contributed by atoms with Gasteiger partial charge in [0.15, 0.2) is 0 Å². The van der Waals surface area contributed by atoms with E-state index in [1.54, 1.807) is 26.8 Å². The van der Waals surface area contributed by atoms with E-state index in [2.05, 4.69) is 18.5 Å². The van der Waals surface area contributed by atoms with Gasteiger partial charge in [0.05, 0.1) is 5.69 Å². The van der Waals surface area contributed by atoms with Crippen LogP contribution in [0.15, 0.2) is 25.3 Å². The van der Waals surface area contributed by atoms with Gasteiger partial charge in [0.25, 0.3) is 0 Å². The molecule has 0 aliphatic rings. The Bertz CT molecular complexity index is 562. The molecule has 0 aliphatic heterocycles. The Labute approximate surface area is 125 Å². The van der Waals surface area contributed by atoms with Crippen LogP contribution in [-0.4, -0.2) is 28.9 Å². The summed E-state index contributed by atoms with van der Waals surface area (Å²) in [6.07, 6.45) is 2.39. The van der Waals surface area contributed by atoms with E-state index in [1.165, 1.54) is 18.2 Å². The molecule has 0 aliphatic carbocycles. The monoisotopic (exact) mass is 289 g/mol. The minimum Gasteiger partial charge on any atom is -0.444 e. The molecule has 0 radical (unpaired) electrons. The van der Waals surface area contributed by atoms with Gasteiger partial charge in [-0.1, -0.05) is 31.4 Å². The van der Waals surface area contributed by atoms with E-state index in [-0.39, 0.29) is 5.46 Å². The van der Waals surface area contributed by atoms with Gasteiger partial charge in [-0.05, 0) is 37.9 Å². The number of hydrogen-bond acceptors (Lipinski definition) is 4. The molecule has 1 aromatic rings. The zero-order valence-electron chi connectivity index (χ0n) is 12.5. The first-order valence-electron chi connectivity index (χ1n) is 6.47. The lowest BCUT2D eigenvalue weighted by Crippen LogP contribution is -2.33. The van der Waals surface area contributed by atoms with E-state index < -0.39 is 18.8 Å². The molecule has 21 heavy (non-hydrogen) atoms. The van der Waals surface area contributed by atoms with E-state index in [0.717, 1.165) is 0 Å². The number of rotatable bonds is 4. The smallest absolute Gasteiger partial charge is 0.444 e.